The second kappa shape index (κ2) is 15.4. The Bertz CT molecular complexity index is 2950. The lowest BCUT2D eigenvalue weighted by Crippen LogP contribution is -2.68. The van der Waals surface area contributed by atoms with Crippen molar-refractivity contribution in [3.63, 3.8) is 0 Å². The largest absolute Gasteiger partial charge is 0.504 e. The molecule has 0 amide bonds. The molecule has 2 spiro atoms. The van der Waals surface area contributed by atoms with E-state index in [1.54, 1.807) is 7.11 Å². The first-order valence-corrected chi connectivity index (χ1v) is 24.5. The van der Waals surface area contributed by atoms with E-state index in [0.29, 0.717) is 17.8 Å². The van der Waals surface area contributed by atoms with Gasteiger partial charge in [0.15, 0.2) is 35.2 Å². The maximum absolute atomic E-state index is 10.8. The number of aromatic nitrogens is 2. The van der Waals surface area contributed by atoms with Gasteiger partial charge in [-0.1, -0.05) is 97.5 Å². The summed E-state index contributed by atoms with van der Waals surface area (Å²) in [5, 5.41) is 13.3. The number of aromatic hydroxyl groups is 1. The molecule has 0 radical (unpaired) electrons. The highest BCUT2D eigenvalue weighted by Gasteiger charge is 2.72. The molecule has 8 atom stereocenters. The van der Waals surface area contributed by atoms with Crippen LogP contribution >= 0.6 is 0 Å². The summed E-state index contributed by atoms with van der Waals surface area (Å²) in [7, 11) is 6.34. The molecule has 2 aromatic heterocycles. The molecule has 1 unspecified atom stereocenters. The minimum Gasteiger partial charge on any atom is -0.504 e. The van der Waals surface area contributed by atoms with Crippen molar-refractivity contribution in [3.05, 3.63) is 129 Å². The zero-order chi connectivity index (χ0) is 45.5. The van der Waals surface area contributed by atoms with E-state index in [9.17, 15) is 5.11 Å². The van der Waals surface area contributed by atoms with E-state index in [2.05, 4.69) is 118 Å². The van der Waals surface area contributed by atoms with Crippen molar-refractivity contribution in [3.8, 4) is 23.0 Å². The number of pyridine rings is 2. The number of methoxy groups -OCH3 is 1. The van der Waals surface area contributed by atoms with Crippen molar-refractivity contribution >= 4 is 21.8 Å². The highest BCUT2D eigenvalue weighted by molar-refractivity contribution is 5.85. The maximum Gasteiger partial charge on any atom is 0.166 e. The lowest BCUT2D eigenvalue weighted by molar-refractivity contribution is -0.0911. The summed E-state index contributed by atoms with van der Waals surface area (Å²) >= 11 is 0. The van der Waals surface area contributed by atoms with Gasteiger partial charge < -0.3 is 29.1 Å². The quantitative estimate of drug-likeness (QED) is 0.175. The molecule has 1 N–H and O–H groups in total. The number of para-hydroxylation sites is 2. The van der Waals surface area contributed by atoms with Crippen molar-refractivity contribution in [1.82, 2.24) is 19.8 Å². The van der Waals surface area contributed by atoms with Crippen molar-refractivity contribution < 1.29 is 19.3 Å². The maximum atomic E-state index is 10.8. The van der Waals surface area contributed by atoms with Crippen LogP contribution in [0.5, 0.6) is 23.0 Å². The van der Waals surface area contributed by atoms with Gasteiger partial charge in [0.2, 0.25) is 0 Å². The van der Waals surface area contributed by atoms with Crippen molar-refractivity contribution in [1.29, 1.82) is 0 Å². The van der Waals surface area contributed by atoms with Crippen molar-refractivity contribution in [2.45, 2.75) is 136 Å². The van der Waals surface area contributed by atoms with Crippen LogP contribution in [0.25, 0.3) is 21.8 Å². The molecule has 346 valence electrons. The summed E-state index contributed by atoms with van der Waals surface area (Å²) in [4.78, 5) is 15.6. The molecule has 8 aliphatic rings. The van der Waals surface area contributed by atoms with E-state index in [0.717, 1.165) is 85.5 Å². The molecule has 2 fully saturated rings. The van der Waals surface area contributed by atoms with Gasteiger partial charge in [-0.2, -0.15) is 0 Å². The van der Waals surface area contributed by atoms with E-state index in [1.807, 2.05) is 33.8 Å². The van der Waals surface area contributed by atoms with Crippen LogP contribution in [0.15, 0.2) is 72.8 Å². The van der Waals surface area contributed by atoms with Gasteiger partial charge in [0.1, 0.15) is 0 Å². The first kappa shape index (κ1) is 44.6. The summed E-state index contributed by atoms with van der Waals surface area (Å²) in [6.07, 6.45) is 6.11. The fourth-order valence-corrected chi connectivity index (χ4v) is 15.3. The highest BCUT2D eigenvalue weighted by atomic mass is 16.5. The lowest BCUT2D eigenvalue weighted by Gasteiger charge is -2.64. The number of fused-ring (bicyclic) bond motifs is 6. The number of hydrogen-bond donors (Lipinski definition) is 1. The molecule has 4 aliphatic heterocycles. The van der Waals surface area contributed by atoms with Crippen molar-refractivity contribution in [2.24, 2.45) is 10.8 Å². The minimum absolute atomic E-state index is 0. The average molecular weight is 887 g/mol. The molecule has 14 rings (SSSR count). The second-order valence-electron chi connectivity index (χ2n) is 20.3. The standard InChI is InChI=1S/C27H28N2O2.C26H26N2O2.2C2H6.CH4/c1-15-17-7-5-6-8-19(17)28-23-18(15)14-26(2)21-13-16-9-10-20(30-4)24-22(16)27(26,25(23)31-24)11-12-29(21)3;1-14-16-6-4-5-7-18(16)27-22-17(14)13-25(2)20-12-15-8-9-19(29)23-21(15)26(25,24(22)30-23)10-11-28(20)3;2*1-2;/h5-10,21,25H,11-14H2,1-4H3;4-9,20,24,29H,10-13H2,1-3H3;2*1-2H3;1H4/t21-,25?,26+,27+;20-,24+,25+,26+;;;/m11.../s1. The van der Waals surface area contributed by atoms with Crippen LogP contribution in [0.3, 0.4) is 0 Å². The third-order valence-corrected chi connectivity index (χ3v) is 18.2. The lowest BCUT2D eigenvalue weighted by atomic mass is 9.44. The van der Waals surface area contributed by atoms with Crippen LogP contribution in [0.4, 0.5) is 0 Å². The topological polar surface area (TPSA) is 80.2 Å². The normalized spacial score (nSPS) is 30.5. The first-order chi connectivity index (χ1) is 31.4. The molecule has 4 bridgehead atoms. The monoisotopic (exact) mass is 887 g/mol. The number of hydrogen-bond acceptors (Lipinski definition) is 8. The minimum atomic E-state index is -0.131. The summed E-state index contributed by atoms with van der Waals surface area (Å²) in [5.74, 6) is 2.82. The van der Waals surface area contributed by atoms with Crippen LogP contribution in [0.1, 0.15) is 130 Å². The van der Waals surface area contributed by atoms with Crippen molar-refractivity contribution in [2.75, 3.05) is 34.3 Å². The van der Waals surface area contributed by atoms with Gasteiger partial charge in [-0.05, 0) is 137 Å². The Hall–Kier alpha value is -5.18. The number of likely N-dealkylation sites (tertiary alicyclic amines) is 2. The predicted molar refractivity (Wildman–Crippen MR) is 267 cm³/mol. The Morgan fingerprint density at radius 3 is 1.56 bits per heavy atom. The molecule has 2 saturated heterocycles. The summed E-state index contributed by atoms with van der Waals surface area (Å²) in [6.45, 7) is 19.7. The van der Waals surface area contributed by atoms with Gasteiger partial charge in [-0.15, -0.1) is 0 Å². The van der Waals surface area contributed by atoms with Gasteiger partial charge in [-0.3, -0.25) is 0 Å². The van der Waals surface area contributed by atoms with Gasteiger partial charge in [0.05, 0.1) is 40.4 Å². The van der Waals surface area contributed by atoms with E-state index < -0.39 is 0 Å². The first-order valence-electron chi connectivity index (χ1n) is 24.5. The van der Waals surface area contributed by atoms with E-state index in [1.165, 1.54) is 55.3 Å². The number of phenolic OH excluding ortho intramolecular Hbond substituents is 1. The van der Waals surface area contributed by atoms with Gasteiger partial charge in [-0.25, -0.2) is 9.97 Å². The smallest absolute Gasteiger partial charge is 0.166 e. The average Bonchev–Trinajstić information content (AvgIpc) is 3.87. The van der Waals surface area contributed by atoms with Crippen LogP contribution in [-0.4, -0.2) is 71.3 Å². The number of ether oxygens (including phenoxy) is 3. The fraction of sp³-hybridized carbons (Fsp3) is 0.483. The summed E-state index contributed by atoms with van der Waals surface area (Å²) in [5.41, 5.74) is 15.3. The molecule has 4 aliphatic carbocycles. The van der Waals surface area contributed by atoms with Crippen LogP contribution in [0, 0.1) is 24.7 Å². The van der Waals surface area contributed by atoms with Crippen LogP contribution in [0.2, 0.25) is 0 Å². The Kier molecular flexibility index (Phi) is 10.4. The number of aryl methyl sites for hydroxylation is 2. The summed E-state index contributed by atoms with van der Waals surface area (Å²) < 4.78 is 19.4. The molecule has 0 saturated carbocycles. The van der Waals surface area contributed by atoms with Gasteiger partial charge >= 0.3 is 0 Å². The Balaban J connectivity index is 0.000000142. The molecule has 6 aromatic rings. The van der Waals surface area contributed by atoms with E-state index in [-0.39, 0.29) is 47.0 Å². The van der Waals surface area contributed by atoms with Gasteiger partial charge in [0.25, 0.3) is 0 Å². The molecular weight excluding hydrogens is 817 g/mol. The van der Waals surface area contributed by atoms with E-state index >= 15 is 0 Å². The highest BCUT2D eigenvalue weighted by Crippen LogP contribution is 2.73. The number of piperidine rings is 2. The molecular formula is C58H70N4O4. The van der Waals surface area contributed by atoms with E-state index in [4.69, 9.17) is 24.2 Å². The Morgan fingerprint density at radius 2 is 1.08 bits per heavy atom. The fourth-order valence-electron chi connectivity index (χ4n) is 15.3. The summed E-state index contributed by atoms with van der Waals surface area (Å²) in [6, 6.07) is 26.3. The molecule has 6 heterocycles. The number of rotatable bonds is 1. The zero-order valence-electron chi connectivity index (χ0n) is 40.4. The van der Waals surface area contributed by atoms with Crippen LogP contribution < -0.4 is 14.2 Å². The number of benzene rings is 4. The molecule has 4 aromatic carbocycles. The predicted octanol–water partition coefficient (Wildman–Crippen LogP) is 11.9. The Labute approximate surface area is 392 Å². The second-order valence-corrected chi connectivity index (χ2v) is 20.3. The number of phenols is 1. The molecule has 66 heavy (non-hydrogen) atoms. The number of nitrogens with zero attached hydrogens (tertiary/aromatic N) is 4. The molecule has 8 heteroatoms. The third-order valence-electron chi connectivity index (χ3n) is 18.2. The SMILES string of the molecule is C.CC.CC.COc1ccc2c3c1OC1c4nc5ccccc5c(C)c4C[C@@]4(C)[C@@H](C2)N(C)CC[C@]314.Cc1c2c(nc3ccccc13)[C@@H]1Oc3c(O)ccc4c3[C@@]13CCN(C)[C@H](C4)[C@]3(C)C2. The Morgan fingerprint density at radius 1 is 0.636 bits per heavy atom. The molecule has 8 nitrogen and oxygen atoms in total. The zero-order valence-corrected chi connectivity index (χ0v) is 40.4. The van der Waals surface area contributed by atoms with Crippen LogP contribution in [-0.2, 0) is 36.5 Å². The third kappa shape index (κ3) is 5.29. The van der Waals surface area contributed by atoms with Gasteiger partial charge in [0, 0.05) is 44.8 Å². The number of likely N-dealkylation sites (N-methyl/N-ethyl adjacent to an activating group) is 2.